The minimum Gasteiger partial charge on any atom is -0.352 e. The van der Waals surface area contributed by atoms with Gasteiger partial charge in [-0.1, -0.05) is 0 Å². The predicted octanol–water partition coefficient (Wildman–Crippen LogP) is 1.82. The highest BCUT2D eigenvalue weighted by atomic mass is 16.6. The molecule has 21 heavy (non-hydrogen) atoms. The van der Waals surface area contributed by atoms with E-state index in [4.69, 9.17) is 0 Å². The zero-order chi connectivity index (χ0) is 15.4. The first-order chi connectivity index (χ1) is 10.0. The normalized spacial score (nSPS) is 10.2. The molecule has 0 spiro atoms. The number of carbonyl (C=O) groups excluding carboxylic acids is 1. The van der Waals surface area contributed by atoms with Gasteiger partial charge in [-0.05, 0) is 19.1 Å². The van der Waals surface area contributed by atoms with Gasteiger partial charge in [0.1, 0.15) is 5.69 Å². The summed E-state index contributed by atoms with van der Waals surface area (Å²) in [5.74, 6) is -0.339. The average molecular weight is 289 g/mol. The van der Waals surface area contributed by atoms with Gasteiger partial charge in [0.05, 0.1) is 16.8 Å². The molecule has 2 rings (SSSR count). The molecule has 0 unspecified atom stereocenters. The van der Waals surface area contributed by atoms with Crippen LogP contribution >= 0.6 is 0 Å². The third kappa shape index (κ3) is 3.35. The fourth-order valence-electron chi connectivity index (χ4n) is 1.83. The Hall–Kier alpha value is -2.90. The van der Waals surface area contributed by atoms with Crippen molar-refractivity contribution in [2.24, 2.45) is 7.05 Å². The number of rotatable bonds is 5. The number of benzene rings is 1. The van der Waals surface area contributed by atoms with E-state index in [1.54, 1.807) is 31.0 Å². The van der Waals surface area contributed by atoms with Gasteiger partial charge >= 0.3 is 0 Å². The van der Waals surface area contributed by atoms with E-state index in [2.05, 4.69) is 15.7 Å². The molecule has 0 atom stereocenters. The molecule has 0 aliphatic carbocycles. The predicted molar refractivity (Wildman–Crippen MR) is 77.6 cm³/mol. The van der Waals surface area contributed by atoms with Crippen molar-refractivity contribution in [3.05, 3.63) is 46.3 Å². The van der Waals surface area contributed by atoms with Crippen molar-refractivity contribution in [3.8, 4) is 0 Å². The number of aromatic nitrogens is 2. The van der Waals surface area contributed by atoms with Gasteiger partial charge in [0, 0.05) is 31.4 Å². The Balaban J connectivity index is 2.33. The van der Waals surface area contributed by atoms with E-state index >= 15 is 0 Å². The van der Waals surface area contributed by atoms with Crippen LogP contribution in [0.15, 0.2) is 30.6 Å². The zero-order valence-corrected chi connectivity index (χ0v) is 11.7. The van der Waals surface area contributed by atoms with Crippen LogP contribution in [0.4, 0.5) is 17.1 Å². The first-order valence-corrected chi connectivity index (χ1v) is 6.33. The van der Waals surface area contributed by atoms with Gasteiger partial charge in [-0.15, -0.1) is 0 Å². The maximum atomic E-state index is 11.7. The van der Waals surface area contributed by atoms with Gasteiger partial charge in [-0.25, -0.2) is 0 Å². The summed E-state index contributed by atoms with van der Waals surface area (Å²) < 4.78 is 1.58. The Morgan fingerprint density at radius 2 is 2.24 bits per heavy atom. The van der Waals surface area contributed by atoms with Crippen LogP contribution in [0.2, 0.25) is 0 Å². The van der Waals surface area contributed by atoms with Crippen molar-refractivity contribution in [2.45, 2.75) is 6.92 Å². The molecule has 0 aliphatic heterocycles. The van der Waals surface area contributed by atoms with E-state index in [1.807, 2.05) is 0 Å². The van der Waals surface area contributed by atoms with E-state index < -0.39 is 4.92 Å². The third-order valence-electron chi connectivity index (χ3n) is 2.78. The molecule has 8 nitrogen and oxygen atoms in total. The number of amides is 1. The molecule has 2 aromatic rings. The zero-order valence-electron chi connectivity index (χ0n) is 11.7. The molecule has 0 saturated heterocycles. The second-order valence-corrected chi connectivity index (χ2v) is 4.38. The summed E-state index contributed by atoms with van der Waals surface area (Å²) in [6, 6.07) is 4.30. The van der Waals surface area contributed by atoms with E-state index in [1.165, 1.54) is 18.2 Å². The van der Waals surface area contributed by atoms with Gasteiger partial charge < -0.3 is 10.6 Å². The first kappa shape index (κ1) is 14.5. The summed E-state index contributed by atoms with van der Waals surface area (Å²) in [6.07, 6.45) is 3.25. The van der Waals surface area contributed by atoms with Crippen LogP contribution in [-0.4, -0.2) is 27.2 Å². The lowest BCUT2D eigenvalue weighted by molar-refractivity contribution is -0.383. The van der Waals surface area contributed by atoms with Gasteiger partial charge in [-0.2, -0.15) is 5.10 Å². The number of nitro groups is 1. The van der Waals surface area contributed by atoms with Crippen LogP contribution in [0.3, 0.4) is 0 Å². The summed E-state index contributed by atoms with van der Waals surface area (Å²) in [5, 5.41) is 20.7. The highest BCUT2D eigenvalue weighted by Crippen LogP contribution is 2.28. The van der Waals surface area contributed by atoms with E-state index in [0.29, 0.717) is 17.9 Å². The Labute approximate surface area is 120 Å². The molecule has 0 aliphatic rings. The second kappa shape index (κ2) is 6.04. The molecular weight excluding hydrogens is 274 g/mol. The van der Waals surface area contributed by atoms with Crippen LogP contribution in [0.1, 0.15) is 17.3 Å². The fourth-order valence-corrected chi connectivity index (χ4v) is 1.83. The molecule has 1 aromatic carbocycles. The number of aryl methyl sites for hydroxylation is 1. The first-order valence-electron chi connectivity index (χ1n) is 6.33. The summed E-state index contributed by atoms with van der Waals surface area (Å²) in [6.45, 7) is 2.24. The van der Waals surface area contributed by atoms with E-state index in [-0.39, 0.29) is 17.2 Å². The van der Waals surface area contributed by atoms with Crippen LogP contribution in [0.25, 0.3) is 0 Å². The van der Waals surface area contributed by atoms with Crippen molar-refractivity contribution in [3.63, 3.8) is 0 Å². The average Bonchev–Trinajstić information content (AvgIpc) is 2.84. The Kier molecular flexibility index (Phi) is 4.17. The molecule has 1 amide bonds. The maximum absolute atomic E-state index is 11.7. The number of hydrogen-bond donors (Lipinski definition) is 2. The summed E-state index contributed by atoms with van der Waals surface area (Å²) in [4.78, 5) is 22.4. The van der Waals surface area contributed by atoms with E-state index in [0.717, 1.165) is 0 Å². The Morgan fingerprint density at radius 1 is 1.48 bits per heavy atom. The molecular formula is C13H15N5O3. The molecule has 110 valence electrons. The summed E-state index contributed by atoms with van der Waals surface area (Å²) >= 11 is 0. The van der Waals surface area contributed by atoms with Crippen molar-refractivity contribution >= 4 is 23.0 Å². The number of anilines is 2. The maximum Gasteiger partial charge on any atom is 0.293 e. The fraction of sp³-hybridized carbons (Fsp3) is 0.231. The standard InChI is InChI=1S/C13H15N5O3/c1-3-14-13(19)9-4-5-11(12(6-9)18(20)21)16-10-7-15-17(2)8-10/h4-8,16H,3H2,1-2H3,(H,14,19). The van der Waals surface area contributed by atoms with Crippen molar-refractivity contribution in [2.75, 3.05) is 11.9 Å². The van der Waals surface area contributed by atoms with Gasteiger partial charge in [0.15, 0.2) is 0 Å². The molecule has 0 bridgehead atoms. The second-order valence-electron chi connectivity index (χ2n) is 4.38. The van der Waals surface area contributed by atoms with Crippen LogP contribution in [0, 0.1) is 10.1 Å². The topological polar surface area (TPSA) is 102 Å². The number of nitrogens with zero attached hydrogens (tertiary/aromatic N) is 3. The van der Waals surface area contributed by atoms with E-state index in [9.17, 15) is 14.9 Å². The number of nitro benzene ring substituents is 1. The van der Waals surface area contributed by atoms with Crippen molar-refractivity contribution in [1.29, 1.82) is 0 Å². The Morgan fingerprint density at radius 3 is 2.81 bits per heavy atom. The van der Waals surface area contributed by atoms with Crippen molar-refractivity contribution in [1.82, 2.24) is 15.1 Å². The highest BCUT2D eigenvalue weighted by molar-refractivity contribution is 5.95. The number of hydrogen-bond acceptors (Lipinski definition) is 5. The van der Waals surface area contributed by atoms with Crippen molar-refractivity contribution < 1.29 is 9.72 Å². The molecule has 0 saturated carbocycles. The summed E-state index contributed by atoms with van der Waals surface area (Å²) in [7, 11) is 1.75. The quantitative estimate of drug-likeness (QED) is 0.645. The minimum atomic E-state index is -0.526. The largest absolute Gasteiger partial charge is 0.352 e. The number of nitrogens with one attached hydrogen (secondary N) is 2. The smallest absolute Gasteiger partial charge is 0.293 e. The lowest BCUT2D eigenvalue weighted by Gasteiger charge is -2.07. The van der Waals surface area contributed by atoms with Crippen LogP contribution in [-0.2, 0) is 7.05 Å². The molecule has 1 heterocycles. The van der Waals surface area contributed by atoms with Crippen LogP contribution in [0.5, 0.6) is 0 Å². The monoisotopic (exact) mass is 289 g/mol. The highest BCUT2D eigenvalue weighted by Gasteiger charge is 2.17. The number of carbonyl (C=O) groups is 1. The minimum absolute atomic E-state index is 0.164. The Bertz CT molecular complexity index is 680. The summed E-state index contributed by atoms with van der Waals surface area (Å²) in [5.41, 5.74) is 1.02. The van der Waals surface area contributed by atoms with Gasteiger partial charge in [0.2, 0.25) is 0 Å². The molecule has 8 heteroatoms. The van der Waals surface area contributed by atoms with Gasteiger partial charge in [-0.3, -0.25) is 19.6 Å². The molecule has 0 radical (unpaired) electrons. The molecule has 1 aromatic heterocycles. The SMILES string of the molecule is CCNC(=O)c1ccc(Nc2cnn(C)c2)c([N+](=O)[O-])c1. The lowest BCUT2D eigenvalue weighted by Crippen LogP contribution is -2.22. The molecule has 2 N–H and O–H groups in total. The molecule has 0 fully saturated rings. The van der Waals surface area contributed by atoms with Gasteiger partial charge in [0.25, 0.3) is 11.6 Å². The van der Waals surface area contributed by atoms with Crippen LogP contribution < -0.4 is 10.6 Å². The third-order valence-corrected chi connectivity index (χ3v) is 2.78. The lowest BCUT2D eigenvalue weighted by atomic mass is 10.1.